The first-order chi connectivity index (χ1) is 13.9. The topological polar surface area (TPSA) is 95.7 Å². The maximum Gasteiger partial charge on any atom is 0.257 e. The predicted octanol–water partition coefficient (Wildman–Crippen LogP) is 0.818. The number of likely N-dealkylation sites (N-methyl/N-ethyl adjacent to an activating group) is 1. The summed E-state index contributed by atoms with van der Waals surface area (Å²) in [5, 5.41) is 7.34. The summed E-state index contributed by atoms with van der Waals surface area (Å²) in [6.07, 6.45) is 5.04. The minimum Gasteiger partial charge on any atom is -0.367 e. The van der Waals surface area contributed by atoms with Crippen LogP contribution in [0.15, 0.2) is 36.8 Å². The number of fused-ring (bicyclic) bond motifs is 1. The molecule has 1 saturated heterocycles. The second-order valence-corrected chi connectivity index (χ2v) is 7.35. The first-order valence-electron chi connectivity index (χ1n) is 9.44. The van der Waals surface area contributed by atoms with Gasteiger partial charge < -0.3 is 15.1 Å². The standard InChI is InChI=1S/C20H23N7O2/c1-13-8-18-22-9-17(14(2)27(18)24-13)20(29)25(3)12-19(28)23-15-10-26(11-15)16-4-6-21-7-5-16/h4-9,15H,10-12H2,1-3H3,(H,23,28). The number of amides is 2. The van der Waals surface area contributed by atoms with Crippen molar-refractivity contribution < 1.29 is 9.59 Å². The van der Waals surface area contributed by atoms with E-state index < -0.39 is 0 Å². The molecule has 9 nitrogen and oxygen atoms in total. The zero-order valence-corrected chi connectivity index (χ0v) is 16.7. The van der Waals surface area contributed by atoms with Crippen LogP contribution >= 0.6 is 0 Å². The van der Waals surface area contributed by atoms with Gasteiger partial charge in [-0.05, 0) is 26.0 Å². The van der Waals surface area contributed by atoms with E-state index in [0.29, 0.717) is 16.9 Å². The summed E-state index contributed by atoms with van der Waals surface area (Å²) < 4.78 is 1.65. The van der Waals surface area contributed by atoms with Crippen molar-refractivity contribution >= 4 is 23.1 Å². The molecule has 4 heterocycles. The van der Waals surface area contributed by atoms with E-state index in [1.54, 1.807) is 30.2 Å². The molecule has 1 aliphatic heterocycles. The highest BCUT2D eigenvalue weighted by Crippen LogP contribution is 2.19. The lowest BCUT2D eigenvalue weighted by molar-refractivity contribution is -0.122. The highest BCUT2D eigenvalue weighted by atomic mass is 16.2. The van der Waals surface area contributed by atoms with Crippen LogP contribution in [0.25, 0.3) is 5.65 Å². The van der Waals surface area contributed by atoms with Gasteiger partial charge in [0.2, 0.25) is 5.91 Å². The molecule has 0 unspecified atom stereocenters. The van der Waals surface area contributed by atoms with Crippen LogP contribution in [-0.4, -0.2) is 69.0 Å². The van der Waals surface area contributed by atoms with Crippen LogP contribution in [0, 0.1) is 13.8 Å². The Kier molecular flexibility index (Phi) is 4.87. The molecule has 1 aliphatic rings. The predicted molar refractivity (Wildman–Crippen MR) is 108 cm³/mol. The average molecular weight is 393 g/mol. The van der Waals surface area contributed by atoms with Gasteiger partial charge in [0.1, 0.15) is 0 Å². The van der Waals surface area contributed by atoms with E-state index >= 15 is 0 Å². The van der Waals surface area contributed by atoms with Crippen molar-refractivity contribution in [1.29, 1.82) is 0 Å². The smallest absolute Gasteiger partial charge is 0.257 e. The van der Waals surface area contributed by atoms with Crippen LogP contribution in [0.2, 0.25) is 0 Å². The van der Waals surface area contributed by atoms with Gasteiger partial charge in [-0.1, -0.05) is 0 Å². The number of pyridine rings is 1. The Morgan fingerprint density at radius 1 is 1.24 bits per heavy atom. The van der Waals surface area contributed by atoms with Crippen molar-refractivity contribution in [3.8, 4) is 0 Å². The average Bonchev–Trinajstić information content (AvgIpc) is 3.06. The van der Waals surface area contributed by atoms with Crippen molar-refractivity contribution in [1.82, 2.24) is 29.8 Å². The molecule has 0 atom stereocenters. The van der Waals surface area contributed by atoms with Crippen LogP contribution < -0.4 is 10.2 Å². The fraction of sp³-hybridized carbons (Fsp3) is 0.350. The van der Waals surface area contributed by atoms with Crippen molar-refractivity contribution in [2.75, 3.05) is 31.6 Å². The number of rotatable bonds is 5. The van der Waals surface area contributed by atoms with E-state index in [2.05, 4.69) is 25.3 Å². The van der Waals surface area contributed by atoms with Crippen LogP contribution in [-0.2, 0) is 4.79 Å². The summed E-state index contributed by atoms with van der Waals surface area (Å²) in [4.78, 5) is 37.0. The number of carbonyl (C=O) groups excluding carboxylic acids is 2. The third-order valence-corrected chi connectivity index (χ3v) is 5.08. The number of hydrogen-bond acceptors (Lipinski definition) is 6. The Morgan fingerprint density at radius 3 is 2.69 bits per heavy atom. The Hall–Kier alpha value is -3.49. The summed E-state index contributed by atoms with van der Waals surface area (Å²) in [6.45, 7) is 5.17. The molecule has 0 aromatic carbocycles. The van der Waals surface area contributed by atoms with E-state index in [0.717, 1.165) is 24.5 Å². The van der Waals surface area contributed by atoms with E-state index in [9.17, 15) is 9.59 Å². The van der Waals surface area contributed by atoms with E-state index in [1.165, 1.54) is 4.90 Å². The van der Waals surface area contributed by atoms with Crippen molar-refractivity contribution in [3.05, 3.63) is 53.7 Å². The molecule has 4 rings (SSSR count). The first kappa shape index (κ1) is 18.9. The molecule has 0 bridgehead atoms. The normalized spacial score (nSPS) is 14.0. The van der Waals surface area contributed by atoms with Gasteiger partial charge in [-0.3, -0.25) is 14.6 Å². The molecule has 9 heteroatoms. The van der Waals surface area contributed by atoms with Gasteiger partial charge in [-0.25, -0.2) is 9.50 Å². The van der Waals surface area contributed by atoms with Gasteiger partial charge in [-0.2, -0.15) is 5.10 Å². The maximum absolute atomic E-state index is 12.8. The zero-order valence-electron chi connectivity index (χ0n) is 16.7. The zero-order chi connectivity index (χ0) is 20.5. The summed E-state index contributed by atoms with van der Waals surface area (Å²) in [7, 11) is 1.62. The minimum atomic E-state index is -0.257. The molecule has 0 spiro atoms. The lowest BCUT2D eigenvalue weighted by Crippen LogP contribution is -2.60. The Morgan fingerprint density at radius 2 is 1.97 bits per heavy atom. The Labute approximate surface area is 168 Å². The molecule has 29 heavy (non-hydrogen) atoms. The van der Waals surface area contributed by atoms with Crippen LogP contribution in [0.1, 0.15) is 21.7 Å². The molecule has 0 saturated carbocycles. The fourth-order valence-corrected chi connectivity index (χ4v) is 3.47. The van der Waals surface area contributed by atoms with E-state index in [1.807, 2.05) is 32.0 Å². The quantitative estimate of drug-likeness (QED) is 0.690. The van der Waals surface area contributed by atoms with Crippen LogP contribution in [0.4, 0.5) is 5.69 Å². The highest BCUT2D eigenvalue weighted by Gasteiger charge is 2.29. The number of nitrogens with one attached hydrogen (secondary N) is 1. The number of nitrogens with zero attached hydrogens (tertiary/aromatic N) is 6. The monoisotopic (exact) mass is 393 g/mol. The molecule has 3 aromatic heterocycles. The molecule has 1 N–H and O–H groups in total. The number of anilines is 1. The second-order valence-electron chi connectivity index (χ2n) is 7.35. The Bertz CT molecular complexity index is 1060. The molecule has 0 radical (unpaired) electrons. The molecule has 1 fully saturated rings. The molecule has 150 valence electrons. The van der Waals surface area contributed by atoms with Crippen molar-refractivity contribution in [2.45, 2.75) is 19.9 Å². The number of aromatic nitrogens is 4. The Balaban J connectivity index is 1.33. The first-order valence-corrected chi connectivity index (χ1v) is 9.44. The highest BCUT2D eigenvalue weighted by molar-refractivity contribution is 5.97. The van der Waals surface area contributed by atoms with Gasteiger partial charge in [0.15, 0.2) is 5.65 Å². The van der Waals surface area contributed by atoms with Crippen LogP contribution in [0.5, 0.6) is 0 Å². The summed E-state index contributed by atoms with van der Waals surface area (Å²) in [6, 6.07) is 5.81. The van der Waals surface area contributed by atoms with E-state index in [-0.39, 0.29) is 24.4 Å². The SMILES string of the molecule is Cc1cc2ncc(C(=O)N(C)CC(=O)NC3CN(c4ccncc4)C3)c(C)n2n1. The molecule has 3 aromatic rings. The van der Waals surface area contributed by atoms with Gasteiger partial charge >= 0.3 is 0 Å². The van der Waals surface area contributed by atoms with Gasteiger partial charge in [0.25, 0.3) is 5.91 Å². The third kappa shape index (κ3) is 3.75. The summed E-state index contributed by atoms with van der Waals surface area (Å²) in [5.41, 5.74) is 3.75. The lowest BCUT2D eigenvalue weighted by Gasteiger charge is -2.41. The fourth-order valence-electron chi connectivity index (χ4n) is 3.47. The number of aryl methyl sites for hydroxylation is 2. The van der Waals surface area contributed by atoms with Crippen molar-refractivity contribution in [3.63, 3.8) is 0 Å². The van der Waals surface area contributed by atoms with E-state index in [4.69, 9.17) is 0 Å². The molecular formula is C20H23N7O2. The number of hydrogen-bond donors (Lipinski definition) is 1. The molecule has 0 aliphatic carbocycles. The van der Waals surface area contributed by atoms with Crippen molar-refractivity contribution in [2.24, 2.45) is 0 Å². The second kappa shape index (κ2) is 7.50. The lowest BCUT2D eigenvalue weighted by atomic mass is 10.1. The summed E-state index contributed by atoms with van der Waals surface area (Å²) in [5.74, 6) is -0.436. The van der Waals surface area contributed by atoms with Gasteiger partial charge in [-0.15, -0.1) is 0 Å². The third-order valence-electron chi connectivity index (χ3n) is 5.08. The summed E-state index contributed by atoms with van der Waals surface area (Å²) >= 11 is 0. The van der Waals surface area contributed by atoms with Gasteiger partial charge in [0, 0.05) is 50.5 Å². The molecular weight excluding hydrogens is 370 g/mol. The largest absolute Gasteiger partial charge is 0.367 e. The number of carbonyl (C=O) groups is 2. The van der Waals surface area contributed by atoms with Crippen LogP contribution in [0.3, 0.4) is 0 Å². The maximum atomic E-state index is 12.8. The van der Waals surface area contributed by atoms with Gasteiger partial charge in [0.05, 0.1) is 29.5 Å². The molecule has 2 amide bonds. The minimum absolute atomic E-state index is 0.0137.